The number of pyridine rings is 1. The summed E-state index contributed by atoms with van der Waals surface area (Å²) in [5.41, 5.74) is 1.52. The van der Waals surface area contributed by atoms with Crippen LogP contribution in [0.1, 0.15) is 44.0 Å². The van der Waals surface area contributed by atoms with E-state index >= 15 is 0 Å². The molecule has 4 nitrogen and oxygen atoms in total. The lowest BCUT2D eigenvalue weighted by Gasteiger charge is -2.16. The van der Waals surface area contributed by atoms with Crippen LogP contribution in [0.2, 0.25) is 0 Å². The van der Waals surface area contributed by atoms with Crippen molar-refractivity contribution in [3.63, 3.8) is 0 Å². The van der Waals surface area contributed by atoms with E-state index in [1.165, 1.54) is 0 Å². The quantitative estimate of drug-likeness (QED) is 0.853. The molecule has 0 bridgehead atoms. The lowest BCUT2D eigenvalue weighted by molar-refractivity contribution is 0.0936. The first-order valence-corrected chi connectivity index (χ1v) is 7.64. The van der Waals surface area contributed by atoms with Crippen LogP contribution in [0.5, 0.6) is 0 Å². The molecule has 0 aliphatic rings. The number of nitrogens with zero attached hydrogens (tertiary/aromatic N) is 1. The molecule has 0 aliphatic carbocycles. The van der Waals surface area contributed by atoms with Gasteiger partial charge in [0.25, 0.3) is 5.91 Å². The SMILES string of the molecule is CCNc1cc(C(=O)NC(CC)CC)c2ccccc2n1. The van der Waals surface area contributed by atoms with Gasteiger partial charge in [-0.05, 0) is 31.9 Å². The number of carbonyl (C=O) groups is 1. The van der Waals surface area contributed by atoms with E-state index in [9.17, 15) is 4.79 Å². The molecular weight excluding hydrogens is 262 g/mol. The van der Waals surface area contributed by atoms with Crippen LogP contribution in [-0.2, 0) is 0 Å². The molecule has 1 heterocycles. The van der Waals surface area contributed by atoms with Crippen molar-refractivity contribution in [1.82, 2.24) is 10.3 Å². The van der Waals surface area contributed by atoms with Gasteiger partial charge in [0.2, 0.25) is 0 Å². The number of hydrogen-bond donors (Lipinski definition) is 2. The maximum absolute atomic E-state index is 12.6. The van der Waals surface area contributed by atoms with Crippen LogP contribution in [0.15, 0.2) is 30.3 Å². The molecule has 0 saturated carbocycles. The molecule has 112 valence electrons. The van der Waals surface area contributed by atoms with Gasteiger partial charge in [-0.15, -0.1) is 0 Å². The van der Waals surface area contributed by atoms with Gasteiger partial charge in [0, 0.05) is 18.0 Å². The monoisotopic (exact) mass is 285 g/mol. The van der Waals surface area contributed by atoms with E-state index in [2.05, 4.69) is 29.5 Å². The third kappa shape index (κ3) is 3.51. The predicted molar refractivity (Wildman–Crippen MR) is 87.7 cm³/mol. The summed E-state index contributed by atoms with van der Waals surface area (Å²) >= 11 is 0. The Kier molecular flexibility index (Phi) is 5.14. The van der Waals surface area contributed by atoms with Crippen molar-refractivity contribution in [2.24, 2.45) is 0 Å². The van der Waals surface area contributed by atoms with Crippen molar-refractivity contribution < 1.29 is 4.79 Å². The number of nitrogens with one attached hydrogen (secondary N) is 2. The second-order valence-corrected chi connectivity index (χ2v) is 5.09. The van der Waals surface area contributed by atoms with E-state index in [4.69, 9.17) is 0 Å². The van der Waals surface area contributed by atoms with Gasteiger partial charge in [0.15, 0.2) is 0 Å². The molecule has 2 rings (SSSR count). The van der Waals surface area contributed by atoms with E-state index in [0.29, 0.717) is 5.56 Å². The molecular formula is C17H23N3O. The number of anilines is 1. The van der Waals surface area contributed by atoms with E-state index < -0.39 is 0 Å². The number of hydrogen-bond acceptors (Lipinski definition) is 3. The summed E-state index contributed by atoms with van der Waals surface area (Å²) < 4.78 is 0. The third-order valence-corrected chi connectivity index (χ3v) is 3.64. The second-order valence-electron chi connectivity index (χ2n) is 5.09. The number of aromatic nitrogens is 1. The van der Waals surface area contributed by atoms with Crippen LogP contribution >= 0.6 is 0 Å². The lowest BCUT2D eigenvalue weighted by Crippen LogP contribution is -2.34. The zero-order valence-electron chi connectivity index (χ0n) is 12.9. The smallest absolute Gasteiger partial charge is 0.252 e. The van der Waals surface area contributed by atoms with Crippen LogP contribution in [0, 0.1) is 0 Å². The van der Waals surface area contributed by atoms with Gasteiger partial charge in [0.1, 0.15) is 5.82 Å². The number of benzene rings is 1. The zero-order chi connectivity index (χ0) is 15.2. The molecule has 0 spiro atoms. The van der Waals surface area contributed by atoms with Crippen molar-refractivity contribution in [1.29, 1.82) is 0 Å². The fourth-order valence-corrected chi connectivity index (χ4v) is 2.39. The Balaban J connectivity index is 2.42. The van der Waals surface area contributed by atoms with Gasteiger partial charge >= 0.3 is 0 Å². The molecule has 0 aliphatic heterocycles. The number of rotatable bonds is 6. The molecule has 0 saturated heterocycles. The maximum Gasteiger partial charge on any atom is 0.252 e. The topological polar surface area (TPSA) is 54.0 Å². The Morgan fingerprint density at radius 2 is 1.90 bits per heavy atom. The zero-order valence-corrected chi connectivity index (χ0v) is 12.9. The Morgan fingerprint density at radius 1 is 1.19 bits per heavy atom. The molecule has 0 radical (unpaired) electrons. The van der Waals surface area contributed by atoms with E-state index in [0.717, 1.165) is 36.1 Å². The highest BCUT2D eigenvalue weighted by Gasteiger charge is 2.15. The van der Waals surface area contributed by atoms with Crippen molar-refractivity contribution >= 4 is 22.6 Å². The average molecular weight is 285 g/mol. The first-order valence-electron chi connectivity index (χ1n) is 7.64. The third-order valence-electron chi connectivity index (χ3n) is 3.64. The average Bonchev–Trinajstić information content (AvgIpc) is 2.52. The summed E-state index contributed by atoms with van der Waals surface area (Å²) in [5, 5.41) is 7.18. The van der Waals surface area contributed by atoms with Crippen molar-refractivity contribution in [3.05, 3.63) is 35.9 Å². The van der Waals surface area contributed by atoms with E-state index in [1.54, 1.807) is 0 Å². The predicted octanol–water partition coefficient (Wildman–Crippen LogP) is 3.59. The normalized spacial score (nSPS) is 10.9. The van der Waals surface area contributed by atoms with Gasteiger partial charge in [0.05, 0.1) is 11.1 Å². The number of para-hydroxylation sites is 1. The molecule has 2 N–H and O–H groups in total. The van der Waals surface area contributed by atoms with Gasteiger partial charge in [-0.25, -0.2) is 4.98 Å². The Bertz CT molecular complexity index is 620. The van der Waals surface area contributed by atoms with E-state index in [1.807, 2.05) is 37.3 Å². The maximum atomic E-state index is 12.6. The molecule has 4 heteroatoms. The van der Waals surface area contributed by atoms with Crippen LogP contribution in [0.3, 0.4) is 0 Å². The second kappa shape index (κ2) is 7.07. The summed E-state index contributed by atoms with van der Waals surface area (Å²) in [6, 6.07) is 9.80. The first kappa shape index (κ1) is 15.3. The van der Waals surface area contributed by atoms with Gasteiger partial charge in [-0.2, -0.15) is 0 Å². The number of fused-ring (bicyclic) bond motifs is 1. The van der Waals surface area contributed by atoms with Gasteiger partial charge in [-0.3, -0.25) is 4.79 Å². The summed E-state index contributed by atoms with van der Waals surface area (Å²) in [4.78, 5) is 17.1. The molecule has 1 aromatic carbocycles. The molecule has 1 aromatic heterocycles. The minimum absolute atomic E-state index is 0.0264. The van der Waals surface area contributed by atoms with Crippen molar-refractivity contribution in [3.8, 4) is 0 Å². The summed E-state index contributed by atoms with van der Waals surface area (Å²) in [5.74, 6) is 0.715. The van der Waals surface area contributed by atoms with Crippen LogP contribution < -0.4 is 10.6 Å². The lowest BCUT2D eigenvalue weighted by atomic mass is 10.1. The minimum atomic E-state index is -0.0264. The van der Waals surface area contributed by atoms with Crippen molar-refractivity contribution in [2.45, 2.75) is 39.7 Å². The summed E-state index contributed by atoms with van der Waals surface area (Å²) in [6.07, 6.45) is 1.87. The molecule has 2 aromatic rings. The van der Waals surface area contributed by atoms with Crippen LogP contribution in [-0.4, -0.2) is 23.5 Å². The summed E-state index contributed by atoms with van der Waals surface area (Å²) in [7, 11) is 0. The summed E-state index contributed by atoms with van der Waals surface area (Å²) in [6.45, 7) is 6.96. The molecule has 1 amide bonds. The standard InChI is InChI=1S/C17H23N3O/c1-4-12(5-2)19-17(21)14-11-16(18-6-3)20-15-10-8-7-9-13(14)15/h7-12H,4-6H2,1-3H3,(H,18,20)(H,19,21). The molecule has 0 fully saturated rings. The molecule has 21 heavy (non-hydrogen) atoms. The van der Waals surface area contributed by atoms with Gasteiger partial charge in [-0.1, -0.05) is 32.0 Å². The number of amides is 1. The Labute approximate surface area is 126 Å². The largest absolute Gasteiger partial charge is 0.370 e. The van der Waals surface area contributed by atoms with Crippen LogP contribution in [0.4, 0.5) is 5.82 Å². The Hall–Kier alpha value is -2.10. The highest BCUT2D eigenvalue weighted by Crippen LogP contribution is 2.21. The Morgan fingerprint density at radius 3 is 2.57 bits per heavy atom. The fraction of sp³-hybridized carbons (Fsp3) is 0.412. The fourth-order valence-electron chi connectivity index (χ4n) is 2.39. The minimum Gasteiger partial charge on any atom is -0.370 e. The number of carbonyl (C=O) groups excluding carboxylic acids is 1. The van der Waals surface area contributed by atoms with Gasteiger partial charge < -0.3 is 10.6 Å². The highest BCUT2D eigenvalue weighted by molar-refractivity contribution is 6.07. The highest BCUT2D eigenvalue weighted by atomic mass is 16.1. The van der Waals surface area contributed by atoms with E-state index in [-0.39, 0.29) is 11.9 Å². The first-order chi connectivity index (χ1) is 10.2. The van der Waals surface area contributed by atoms with Crippen molar-refractivity contribution in [2.75, 3.05) is 11.9 Å². The molecule has 0 unspecified atom stereocenters. The van der Waals surface area contributed by atoms with Crippen LogP contribution in [0.25, 0.3) is 10.9 Å². The molecule has 0 atom stereocenters.